The molecule has 1 fully saturated rings. The average molecular weight is 250 g/mol. The Labute approximate surface area is 108 Å². The molecule has 2 rings (SSSR count). The van der Waals surface area contributed by atoms with Crippen molar-refractivity contribution in [3.63, 3.8) is 0 Å². The lowest BCUT2D eigenvalue weighted by Crippen LogP contribution is -2.41. The molecule has 3 nitrogen and oxygen atoms in total. The number of carboxylic acid groups (broad SMARTS) is 1. The molecule has 0 unspecified atom stereocenters. The highest BCUT2D eigenvalue weighted by Gasteiger charge is 2.42. The number of fused-ring (bicyclic) bond motifs is 1. The van der Waals surface area contributed by atoms with Crippen molar-refractivity contribution in [3.8, 4) is 0 Å². The molecule has 100 valence electrons. The number of allylic oxidation sites excluding steroid dienone is 1. The predicted octanol–water partition coefficient (Wildman–Crippen LogP) is 2.62. The van der Waals surface area contributed by atoms with Crippen molar-refractivity contribution in [1.82, 2.24) is 0 Å². The highest BCUT2D eigenvalue weighted by atomic mass is 16.4. The lowest BCUT2D eigenvalue weighted by atomic mass is 9.61. The zero-order valence-corrected chi connectivity index (χ0v) is 11.1. The Kier molecular flexibility index (Phi) is 3.62. The molecule has 0 aromatic rings. The van der Waals surface area contributed by atoms with Crippen molar-refractivity contribution in [2.24, 2.45) is 23.7 Å². The highest BCUT2D eigenvalue weighted by molar-refractivity contribution is 5.87. The van der Waals surface area contributed by atoms with E-state index in [2.05, 4.69) is 20.4 Å². The van der Waals surface area contributed by atoms with Gasteiger partial charge in [-0.25, -0.2) is 4.79 Å². The van der Waals surface area contributed by atoms with Crippen LogP contribution < -0.4 is 0 Å². The van der Waals surface area contributed by atoms with Crippen LogP contribution in [-0.2, 0) is 4.79 Å². The van der Waals surface area contributed by atoms with E-state index in [-0.39, 0.29) is 18.3 Å². The molecule has 0 saturated heterocycles. The highest BCUT2D eigenvalue weighted by Crippen LogP contribution is 2.47. The van der Waals surface area contributed by atoms with E-state index >= 15 is 0 Å². The summed E-state index contributed by atoms with van der Waals surface area (Å²) in [5.41, 5.74) is 1.45. The van der Waals surface area contributed by atoms with E-state index in [4.69, 9.17) is 5.11 Å². The third kappa shape index (κ3) is 2.24. The lowest BCUT2D eigenvalue weighted by Gasteiger charge is -2.45. The topological polar surface area (TPSA) is 57.5 Å². The van der Waals surface area contributed by atoms with Crippen molar-refractivity contribution in [2.45, 2.75) is 39.2 Å². The molecule has 18 heavy (non-hydrogen) atoms. The van der Waals surface area contributed by atoms with Gasteiger partial charge in [-0.3, -0.25) is 0 Å². The number of rotatable bonds is 2. The second-order valence-corrected chi connectivity index (χ2v) is 5.98. The maximum atomic E-state index is 11.1. The molecule has 2 aliphatic carbocycles. The molecule has 2 aliphatic rings. The van der Waals surface area contributed by atoms with E-state index in [9.17, 15) is 9.90 Å². The monoisotopic (exact) mass is 250 g/mol. The second-order valence-electron chi connectivity index (χ2n) is 5.98. The van der Waals surface area contributed by atoms with Crippen LogP contribution >= 0.6 is 0 Å². The van der Waals surface area contributed by atoms with E-state index in [0.29, 0.717) is 17.4 Å². The van der Waals surface area contributed by atoms with E-state index in [1.54, 1.807) is 0 Å². The normalized spacial score (nSPS) is 36.2. The Morgan fingerprint density at radius 2 is 2.17 bits per heavy atom. The first-order valence-electron chi connectivity index (χ1n) is 6.71. The first-order chi connectivity index (χ1) is 8.41. The Hall–Kier alpha value is -1.09. The van der Waals surface area contributed by atoms with Gasteiger partial charge in [0.25, 0.3) is 0 Å². The maximum absolute atomic E-state index is 11.1. The SMILES string of the molecule is C=C1CC[C@@H](C(C)C)[C@H]2C=C(C(=O)O)C[C@@H](O)[C@@H]12. The van der Waals surface area contributed by atoms with Crippen LogP contribution in [-0.4, -0.2) is 22.3 Å². The average Bonchev–Trinajstić information content (AvgIpc) is 2.27. The van der Waals surface area contributed by atoms with Crippen molar-refractivity contribution in [3.05, 3.63) is 23.8 Å². The summed E-state index contributed by atoms with van der Waals surface area (Å²) >= 11 is 0. The quantitative estimate of drug-likeness (QED) is 0.741. The molecule has 3 heteroatoms. The summed E-state index contributed by atoms with van der Waals surface area (Å²) < 4.78 is 0. The number of aliphatic hydroxyl groups excluding tert-OH is 1. The molecule has 0 spiro atoms. The van der Waals surface area contributed by atoms with Crippen molar-refractivity contribution in [1.29, 1.82) is 0 Å². The smallest absolute Gasteiger partial charge is 0.331 e. The fraction of sp³-hybridized carbons (Fsp3) is 0.667. The minimum atomic E-state index is -0.897. The second kappa shape index (κ2) is 4.88. The molecule has 0 aromatic heterocycles. The predicted molar refractivity (Wildman–Crippen MR) is 70.0 cm³/mol. The van der Waals surface area contributed by atoms with Crippen LogP contribution in [0.3, 0.4) is 0 Å². The number of aliphatic hydroxyl groups is 1. The van der Waals surface area contributed by atoms with Crippen LogP contribution in [0.4, 0.5) is 0 Å². The third-order valence-corrected chi connectivity index (χ3v) is 4.55. The molecule has 4 atom stereocenters. The van der Waals surface area contributed by atoms with Crippen LogP contribution in [0, 0.1) is 23.7 Å². The van der Waals surface area contributed by atoms with E-state index in [1.165, 1.54) is 0 Å². The number of aliphatic carboxylic acids is 1. The molecular weight excluding hydrogens is 228 g/mol. The zero-order chi connectivity index (χ0) is 13.4. The van der Waals surface area contributed by atoms with Crippen molar-refractivity contribution < 1.29 is 15.0 Å². The summed E-state index contributed by atoms with van der Waals surface area (Å²) in [7, 11) is 0. The summed E-state index contributed by atoms with van der Waals surface area (Å²) in [5.74, 6) is 0.244. The molecule has 0 amide bonds. The van der Waals surface area contributed by atoms with Gasteiger partial charge < -0.3 is 10.2 Å². The minimum Gasteiger partial charge on any atom is -0.478 e. The summed E-state index contributed by atoms with van der Waals surface area (Å²) in [6, 6.07) is 0. The molecule has 0 heterocycles. The van der Waals surface area contributed by atoms with Gasteiger partial charge in [0.05, 0.1) is 6.10 Å². The van der Waals surface area contributed by atoms with Crippen LogP contribution in [0.25, 0.3) is 0 Å². The number of carbonyl (C=O) groups is 1. The molecule has 1 saturated carbocycles. The molecule has 0 aliphatic heterocycles. The Morgan fingerprint density at radius 3 is 2.72 bits per heavy atom. The van der Waals surface area contributed by atoms with Crippen LogP contribution in [0.15, 0.2) is 23.8 Å². The Morgan fingerprint density at radius 1 is 1.50 bits per heavy atom. The summed E-state index contributed by atoms with van der Waals surface area (Å²) in [6.07, 6.45) is 3.56. The Bertz CT molecular complexity index is 395. The molecule has 0 bridgehead atoms. The molecule has 0 aromatic carbocycles. The molecule has 0 radical (unpaired) electrons. The summed E-state index contributed by atoms with van der Waals surface area (Å²) in [4.78, 5) is 11.1. The molecule has 2 N–H and O–H groups in total. The first-order valence-corrected chi connectivity index (χ1v) is 6.71. The van der Waals surface area contributed by atoms with Crippen molar-refractivity contribution >= 4 is 5.97 Å². The zero-order valence-electron chi connectivity index (χ0n) is 11.1. The number of carboxylic acids is 1. The molecular formula is C15H22O3. The standard InChI is InChI=1S/C15H22O3/c1-8(2)11-5-4-9(3)14-12(11)6-10(15(17)18)7-13(14)16/h6,8,11-14,16H,3-5,7H2,1-2H3,(H,17,18)/t11-,12+,13+,14-/m0/s1. The summed E-state index contributed by atoms with van der Waals surface area (Å²) in [5, 5.41) is 19.4. The third-order valence-electron chi connectivity index (χ3n) is 4.55. The Balaban J connectivity index is 2.36. The number of hydrogen-bond donors (Lipinski definition) is 2. The largest absolute Gasteiger partial charge is 0.478 e. The van der Waals surface area contributed by atoms with Gasteiger partial charge >= 0.3 is 5.97 Å². The number of hydrogen-bond acceptors (Lipinski definition) is 2. The van der Waals surface area contributed by atoms with E-state index in [1.807, 2.05) is 6.08 Å². The van der Waals surface area contributed by atoms with Crippen molar-refractivity contribution in [2.75, 3.05) is 0 Å². The van der Waals surface area contributed by atoms with Gasteiger partial charge in [-0.05, 0) is 30.6 Å². The van der Waals surface area contributed by atoms with Gasteiger partial charge in [-0.2, -0.15) is 0 Å². The fourth-order valence-corrected chi connectivity index (χ4v) is 3.59. The van der Waals surface area contributed by atoms with Gasteiger partial charge in [0.1, 0.15) is 0 Å². The van der Waals surface area contributed by atoms with Gasteiger partial charge in [0.15, 0.2) is 0 Å². The summed E-state index contributed by atoms with van der Waals surface area (Å²) in [6.45, 7) is 8.42. The van der Waals surface area contributed by atoms with Gasteiger partial charge in [-0.15, -0.1) is 0 Å². The maximum Gasteiger partial charge on any atom is 0.331 e. The van der Waals surface area contributed by atoms with E-state index in [0.717, 1.165) is 18.4 Å². The first kappa shape index (κ1) is 13.3. The lowest BCUT2D eigenvalue weighted by molar-refractivity contribution is -0.133. The van der Waals surface area contributed by atoms with Gasteiger partial charge in [-0.1, -0.05) is 32.1 Å². The minimum absolute atomic E-state index is 0.0502. The fourth-order valence-electron chi connectivity index (χ4n) is 3.59. The van der Waals surface area contributed by atoms with Crippen LogP contribution in [0.5, 0.6) is 0 Å². The van der Waals surface area contributed by atoms with Crippen LogP contribution in [0.2, 0.25) is 0 Å². The van der Waals surface area contributed by atoms with E-state index < -0.39 is 12.1 Å². The van der Waals surface area contributed by atoms with Crippen LogP contribution in [0.1, 0.15) is 33.1 Å². The van der Waals surface area contributed by atoms with Gasteiger partial charge in [0, 0.05) is 17.9 Å². The van der Waals surface area contributed by atoms with Gasteiger partial charge in [0.2, 0.25) is 0 Å².